The molecular formula is C34H52FNO4. The van der Waals surface area contributed by atoms with Gasteiger partial charge in [-0.25, -0.2) is 4.39 Å². The Morgan fingerprint density at radius 1 is 1.00 bits per heavy atom. The molecule has 2 fully saturated rings. The number of aromatic nitrogens is 1. The van der Waals surface area contributed by atoms with Gasteiger partial charge in [-0.1, -0.05) is 98.9 Å². The monoisotopic (exact) mass is 557 g/mol. The first kappa shape index (κ1) is 37.0. The maximum absolute atomic E-state index is 13.5. The van der Waals surface area contributed by atoms with Crippen LogP contribution >= 0.6 is 0 Å². The molecule has 2 aromatic rings. The van der Waals surface area contributed by atoms with Crippen molar-refractivity contribution >= 4 is 18.5 Å². The molecule has 2 aliphatic rings. The summed E-state index contributed by atoms with van der Waals surface area (Å²) in [5, 5.41) is 6.89. The standard InChI is InChI=1S/C28H34FNO2.2C2H6.CH2O2.CH4/c1-18-7-4-5-8-19(2)25(27-20(3)32-28(31)26(27)15-18)14-13-24-12-11-22(17-30-24)21-9-6-10-23(29)16-21;2*1-2;2-1-3;/h6,9-14,16-20,25-27H,4-5,7-8,15H2,1-3H3;2*1-2H3;1H,(H,2,3);1H4/b14-13+;;;;/t18?,19?,20?,25-,26?,27?;;;;/m0..../s1. The maximum atomic E-state index is 13.5. The van der Waals surface area contributed by atoms with Crippen LogP contribution in [0.15, 0.2) is 48.7 Å². The fourth-order valence-electron chi connectivity index (χ4n) is 5.62. The van der Waals surface area contributed by atoms with Crippen molar-refractivity contribution in [1.82, 2.24) is 4.98 Å². The number of benzene rings is 1. The molecule has 2 heterocycles. The first-order valence-electron chi connectivity index (χ1n) is 14.5. The number of pyridine rings is 1. The predicted octanol–water partition coefficient (Wildman–Crippen LogP) is 9.32. The minimum Gasteiger partial charge on any atom is -0.483 e. The van der Waals surface area contributed by atoms with Crippen molar-refractivity contribution in [2.45, 2.75) is 94.1 Å². The van der Waals surface area contributed by atoms with Crippen molar-refractivity contribution in [3.8, 4) is 11.1 Å². The second kappa shape index (κ2) is 19.9. The molecule has 0 radical (unpaired) electrons. The van der Waals surface area contributed by atoms with E-state index >= 15 is 0 Å². The second-order valence-corrected chi connectivity index (χ2v) is 9.95. The summed E-state index contributed by atoms with van der Waals surface area (Å²) >= 11 is 0. The van der Waals surface area contributed by atoms with Gasteiger partial charge in [-0.2, -0.15) is 0 Å². The van der Waals surface area contributed by atoms with Crippen molar-refractivity contribution in [3.05, 3.63) is 60.2 Å². The minimum absolute atomic E-state index is 0. The molecular weight excluding hydrogens is 505 g/mol. The van der Waals surface area contributed by atoms with Crippen molar-refractivity contribution in [2.24, 2.45) is 29.6 Å². The van der Waals surface area contributed by atoms with Crippen molar-refractivity contribution in [3.63, 3.8) is 0 Å². The normalized spacial score (nSPS) is 25.6. The van der Waals surface area contributed by atoms with Gasteiger partial charge in [0.25, 0.3) is 6.47 Å². The van der Waals surface area contributed by atoms with Crippen molar-refractivity contribution < 1.29 is 23.8 Å². The average molecular weight is 558 g/mol. The molecule has 6 atom stereocenters. The quantitative estimate of drug-likeness (QED) is 0.300. The molecule has 0 spiro atoms. The number of allylic oxidation sites excluding steroid dienone is 1. The lowest BCUT2D eigenvalue weighted by molar-refractivity contribution is -0.144. The average Bonchev–Trinajstić information content (AvgIpc) is 3.22. The fourth-order valence-corrected chi connectivity index (χ4v) is 5.62. The maximum Gasteiger partial charge on any atom is 0.309 e. The molecule has 224 valence electrons. The smallest absolute Gasteiger partial charge is 0.309 e. The number of carbonyl (C=O) groups is 2. The van der Waals surface area contributed by atoms with Gasteiger partial charge in [0.05, 0.1) is 11.6 Å². The summed E-state index contributed by atoms with van der Waals surface area (Å²) in [5.74, 6) is 1.24. The van der Waals surface area contributed by atoms with Crippen LogP contribution in [0.3, 0.4) is 0 Å². The van der Waals surface area contributed by atoms with Crippen LogP contribution < -0.4 is 0 Å². The van der Waals surface area contributed by atoms with E-state index in [0.717, 1.165) is 29.7 Å². The van der Waals surface area contributed by atoms with E-state index in [-0.39, 0.29) is 49.5 Å². The predicted molar refractivity (Wildman–Crippen MR) is 164 cm³/mol. The molecule has 5 unspecified atom stereocenters. The summed E-state index contributed by atoms with van der Waals surface area (Å²) < 4.78 is 19.3. The molecule has 0 bridgehead atoms. The molecule has 0 amide bonds. The van der Waals surface area contributed by atoms with E-state index in [0.29, 0.717) is 11.8 Å². The van der Waals surface area contributed by atoms with Gasteiger partial charge in [0, 0.05) is 17.7 Å². The number of cyclic esters (lactones) is 1. The van der Waals surface area contributed by atoms with Gasteiger partial charge >= 0.3 is 5.97 Å². The Balaban J connectivity index is 0.00000175. The number of carboxylic acid groups (broad SMARTS) is 1. The number of halogens is 1. The third-order valence-electron chi connectivity index (χ3n) is 7.41. The molecule has 5 nitrogen and oxygen atoms in total. The number of nitrogens with zero attached hydrogens (tertiary/aromatic N) is 1. The van der Waals surface area contributed by atoms with Crippen LogP contribution in [0.4, 0.5) is 4.39 Å². The van der Waals surface area contributed by atoms with Gasteiger partial charge in [-0.3, -0.25) is 14.6 Å². The lowest BCUT2D eigenvalue weighted by atomic mass is 9.69. The Morgan fingerprint density at radius 3 is 2.25 bits per heavy atom. The number of ether oxygens (including phenoxy) is 1. The highest BCUT2D eigenvalue weighted by atomic mass is 19.1. The lowest BCUT2D eigenvalue weighted by Crippen LogP contribution is -2.32. The fraction of sp³-hybridized carbons (Fsp3) is 0.559. The molecule has 1 aliphatic heterocycles. The van der Waals surface area contributed by atoms with Gasteiger partial charge in [0.2, 0.25) is 0 Å². The lowest BCUT2D eigenvalue weighted by Gasteiger charge is -2.33. The van der Waals surface area contributed by atoms with E-state index < -0.39 is 0 Å². The van der Waals surface area contributed by atoms with E-state index in [4.69, 9.17) is 14.6 Å². The van der Waals surface area contributed by atoms with Gasteiger partial charge in [-0.05, 0) is 60.9 Å². The Labute approximate surface area is 242 Å². The van der Waals surface area contributed by atoms with Gasteiger partial charge in [-0.15, -0.1) is 0 Å². The molecule has 1 aromatic carbocycles. The second-order valence-electron chi connectivity index (χ2n) is 9.95. The first-order valence-corrected chi connectivity index (χ1v) is 14.5. The van der Waals surface area contributed by atoms with E-state index in [9.17, 15) is 9.18 Å². The first-order chi connectivity index (χ1) is 18.8. The Morgan fingerprint density at radius 2 is 1.65 bits per heavy atom. The topological polar surface area (TPSA) is 76.5 Å². The minimum atomic E-state index is -0.250. The van der Waals surface area contributed by atoms with Gasteiger partial charge < -0.3 is 9.84 Å². The van der Waals surface area contributed by atoms with Crippen molar-refractivity contribution in [2.75, 3.05) is 0 Å². The third kappa shape index (κ3) is 10.9. The summed E-state index contributed by atoms with van der Waals surface area (Å²) in [6.07, 6.45) is 11.8. The molecule has 4 rings (SSSR count). The largest absolute Gasteiger partial charge is 0.483 e. The Bertz CT molecular complexity index is 1010. The van der Waals surface area contributed by atoms with Crippen LogP contribution in [0.2, 0.25) is 0 Å². The highest BCUT2D eigenvalue weighted by molar-refractivity contribution is 5.75. The number of esters is 1. The van der Waals surface area contributed by atoms with E-state index in [1.54, 1.807) is 12.3 Å². The van der Waals surface area contributed by atoms with Gasteiger partial charge in [0.1, 0.15) is 11.9 Å². The van der Waals surface area contributed by atoms with E-state index in [1.807, 2.05) is 45.9 Å². The Kier molecular flexibility index (Phi) is 18.4. The highest BCUT2D eigenvalue weighted by Crippen LogP contribution is 2.44. The summed E-state index contributed by atoms with van der Waals surface area (Å²) in [7, 11) is 0. The number of fused-ring (bicyclic) bond motifs is 1. The number of hydrogen-bond acceptors (Lipinski definition) is 4. The van der Waals surface area contributed by atoms with E-state index in [1.165, 1.54) is 31.4 Å². The Hall–Kier alpha value is -3.02. The number of rotatable bonds is 3. The van der Waals surface area contributed by atoms with Crippen LogP contribution in [0.25, 0.3) is 17.2 Å². The molecule has 40 heavy (non-hydrogen) atoms. The van der Waals surface area contributed by atoms with Crippen LogP contribution in [0.5, 0.6) is 0 Å². The highest BCUT2D eigenvalue weighted by Gasteiger charge is 2.47. The zero-order valence-electron chi connectivity index (χ0n) is 24.8. The van der Waals surface area contributed by atoms with Crippen LogP contribution in [0, 0.1) is 35.4 Å². The molecule has 1 aliphatic carbocycles. The summed E-state index contributed by atoms with van der Waals surface area (Å²) in [5.41, 5.74) is 2.59. The number of carbonyl (C=O) groups excluding carboxylic acids is 1. The van der Waals surface area contributed by atoms with E-state index in [2.05, 4.69) is 37.9 Å². The molecule has 1 aromatic heterocycles. The summed E-state index contributed by atoms with van der Waals surface area (Å²) in [6, 6.07) is 10.5. The zero-order chi connectivity index (χ0) is 29.4. The third-order valence-corrected chi connectivity index (χ3v) is 7.41. The SMILES string of the molecule is C.CC.CC.CC1CCCCC(C)[C@H](/C=C/c2ccc(-c3cccc(F)c3)cn2)C2C(C)OC(=O)C2C1.O=CO. The van der Waals surface area contributed by atoms with Crippen molar-refractivity contribution in [1.29, 1.82) is 0 Å². The summed E-state index contributed by atoms with van der Waals surface area (Å²) in [6.45, 7) is 14.4. The molecule has 1 N–H and O–H groups in total. The molecule has 6 heteroatoms. The van der Waals surface area contributed by atoms with Crippen LogP contribution in [-0.2, 0) is 14.3 Å². The zero-order valence-corrected chi connectivity index (χ0v) is 24.8. The molecule has 1 saturated heterocycles. The summed E-state index contributed by atoms with van der Waals surface area (Å²) in [4.78, 5) is 25.6. The number of hydrogen-bond donors (Lipinski definition) is 1. The van der Waals surface area contributed by atoms with Gasteiger partial charge in [0.15, 0.2) is 0 Å². The van der Waals surface area contributed by atoms with Crippen LogP contribution in [0.1, 0.15) is 93.7 Å². The molecule has 1 saturated carbocycles. The van der Waals surface area contributed by atoms with Crippen LogP contribution in [-0.4, -0.2) is 28.6 Å².